The number of unbranched alkanes of at least 4 members (excludes halogenated alkanes) is 1. The quantitative estimate of drug-likeness (QED) is 0.555. The monoisotopic (exact) mass is 222 g/mol. The van der Waals surface area contributed by atoms with E-state index in [4.69, 9.17) is 0 Å². The third-order valence-electron chi connectivity index (χ3n) is 4.24. The second kappa shape index (κ2) is 6.52. The van der Waals surface area contributed by atoms with Crippen molar-refractivity contribution in [2.24, 2.45) is 10.8 Å². The zero-order valence-electron chi connectivity index (χ0n) is 12.6. The van der Waals surface area contributed by atoms with Crippen molar-refractivity contribution in [2.75, 3.05) is 0 Å². The molecule has 0 unspecified atom stereocenters. The van der Waals surface area contributed by atoms with Gasteiger partial charge in [-0.05, 0) is 17.3 Å². The summed E-state index contributed by atoms with van der Waals surface area (Å²) in [6, 6.07) is 0. The topological polar surface area (TPSA) is 0 Å². The SMILES string of the molecule is CC.CCC/C=C/B1CC(C)(C)C(C)(C)C1. The molecule has 94 valence electrons. The normalized spacial score (nSPS) is 22.1. The van der Waals surface area contributed by atoms with Crippen LogP contribution in [0.4, 0.5) is 0 Å². The molecule has 0 spiro atoms. The van der Waals surface area contributed by atoms with E-state index >= 15 is 0 Å². The zero-order chi connectivity index (χ0) is 12.8. The molecule has 0 aromatic heterocycles. The summed E-state index contributed by atoms with van der Waals surface area (Å²) in [5, 5.41) is 0. The standard InChI is InChI=1S/C13H25B.C2H6/c1-6-7-8-9-14-10-12(2,3)13(4,5)11-14;1-2/h8-9H,6-7,10-11H2,1-5H3;1-2H3/b9-8+;. The molecule has 16 heavy (non-hydrogen) atoms. The summed E-state index contributed by atoms with van der Waals surface area (Å²) < 4.78 is 0. The van der Waals surface area contributed by atoms with Crippen molar-refractivity contribution in [3.63, 3.8) is 0 Å². The van der Waals surface area contributed by atoms with Gasteiger partial charge in [0, 0.05) is 0 Å². The van der Waals surface area contributed by atoms with Crippen LogP contribution in [0.3, 0.4) is 0 Å². The van der Waals surface area contributed by atoms with Crippen molar-refractivity contribution in [3.05, 3.63) is 12.1 Å². The highest BCUT2D eigenvalue weighted by atomic mass is 14.4. The lowest BCUT2D eigenvalue weighted by molar-refractivity contribution is 0.177. The van der Waals surface area contributed by atoms with Gasteiger partial charge in [-0.3, -0.25) is 0 Å². The van der Waals surface area contributed by atoms with Crippen LogP contribution in [0.25, 0.3) is 0 Å². The van der Waals surface area contributed by atoms with E-state index in [0.717, 1.165) is 6.71 Å². The molecule has 0 aromatic rings. The molecule has 0 aromatic carbocycles. The third-order valence-corrected chi connectivity index (χ3v) is 4.24. The largest absolute Gasteiger partial charge is 0.167 e. The molecule has 1 rings (SSSR count). The van der Waals surface area contributed by atoms with Gasteiger partial charge in [0.1, 0.15) is 0 Å². The van der Waals surface area contributed by atoms with Crippen molar-refractivity contribution in [3.8, 4) is 0 Å². The van der Waals surface area contributed by atoms with Crippen molar-refractivity contribution in [1.82, 2.24) is 0 Å². The van der Waals surface area contributed by atoms with E-state index in [0.29, 0.717) is 10.8 Å². The van der Waals surface area contributed by atoms with Crippen molar-refractivity contribution < 1.29 is 0 Å². The first-order chi connectivity index (χ1) is 7.39. The average Bonchev–Trinajstić information content (AvgIpc) is 2.39. The molecular weight excluding hydrogens is 191 g/mol. The fourth-order valence-corrected chi connectivity index (χ4v) is 2.53. The maximum atomic E-state index is 2.46. The van der Waals surface area contributed by atoms with E-state index in [2.05, 4.69) is 46.7 Å². The molecule has 0 bridgehead atoms. The van der Waals surface area contributed by atoms with Gasteiger partial charge < -0.3 is 0 Å². The van der Waals surface area contributed by atoms with Crippen LogP contribution in [0.15, 0.2) is 12.1 Å². The van der Waals surface area contributed by atoms with E-state index in [1.807, 2.05) is 13.8 Å². The summed E-state index contributed by atoms with van der Waals surface area (Å²) in [5.41, 5.74) is 1.02. The van der Waals surface area contributed by atoms with Crippen molar-refractivity contribution >= 4 is 6.71 Å². The van der Waals surface area contributed by atoms with Gasteiger partial charge in [-0.1, -0.05) is 73.6 Å². The molecule has 1 fully saturated rings. The van der Waals surface area contributed by atoms with Gasteiger partial charge in [0.05, 0.1) is 0 Å². The Labute approximate surface area is 104 Å². The molecule has 1 aliphatic heterocycles. The summed E-state index contributed by atoms with van der Waals surface area (Å²) in [6.07, 6.45) is 7.62. The lowest BCUT2D eigenvalue weighted by Crippen LogP contribution is -2.24. The van der Waals surface area contributed by atoms with E-state index in [-0.39, 0.29) is 0 Å². The van der Waals surface area contributed by atoms with Gasteiger partial charge in [-0.15, -0.1) is 5.98 Å². The van der Waals surface area contributed by atoms with Crippen LogP contribution in [-0.2, 0) is 0 Å². The molecule has 0 aliphatic carbocycles. The van der Waals surface area contributed by atoms with Crippen LogP contribution in [0.5, 0.6) is 0 Å². The highest BCUT2D eigenvalue weighted by Gasteiger charge is 2.46. The van der Waals surface area contributed by atoms with Gasteiger partial charge in [0.25, 0.3) is 0 Å². The Kier molecular flexibility index (Phi) is 6.44. The summed E-state index contributed by atoms with van der Waals surface area (Å²) in [4.78, 5) is 0. The highest BCUT2D eigenvalue weighted by molar-refractivity contribution is 6.65. The molecule has 0 N–H and O–H groups in total. The molecule has 0 atom stereocenters. The molecule has 0 amide bonds. The maximum absolute atomic E-state index is 2.46. The summed E-state index contributed by atoms with van der Waals surface area (Å²) in [5.74, 6) is 2.46. The van der Waals surface area contributed by atoms with Gasteiger partial charge in [-0.2, -0.15) is 0 Å². The molecular formula is C15H31B. The Hall–Kier alpha value is -0.195. The molecule has 0 saturated carbocycles. The fraction of sp³-hybridized carbons (Fsp3) is 0.867. The molecule has 1 saturated heterocycles. The van der Waals surface area contributed by atoms with Crippen LogP contribution in [-0.4, -0.2) is 6.71 Å². The Morgan fingerprint density at radius 2 is 1.44 bits per heavy atom. The first kappa shape index (κ1) is 15.8. The lowest BCUT2D eigenvalue weighted by Gasteiger charge is -2.35. The average molecular weight is 222 g/mol. The van der Waals surface area contributed by atoms with E-state index in [9.17, 15) is 0 Å². The van der Waals surface area contributed by atoms with Crippen molar-refractivity contribution in [1.29, 1.82) is 0 Å². The number of rotatable bonds is 3. The van der Waals surface area contributed by atoms with E-state index in [1.165, 1.54) is 25.5 Å². The lowest BCUT2D eigenvalue weighted by atomic mass is 9.46. The van der Waals surface area contributed by atoms with Crippen LogP contribution < -0.4 is 0 Å². The highest BCUT2D eigenvalue weighted by Crippen LogP contribution is 2.52. The van der Waals surface area contributed by atoms with E-state index < -0.39 is 0 Å². The molecule has 1 aliphatic rings. The predicted molar refractivity (Wildman–Crippen MR) is 78.3 cm³/mol. The van der Waals surface area contributed by atoms with Gasteiger partial charge in [-0.25, -0.2) is 0 Å². The summed E-state index contributed by atoms with van der Waals surface area (Å²) in [7, 11) is 0. The molecule has 1 heteroatoms. The first-order valence-corrected chi connectivity index (χ1v) is 7.06. The minimum absolute atomic E-state index is 0.508. The van der Waals surface area contributed by atoms with Crippen LogP contribution in [0.1, 0.15) is 61.3 Å². The summed E-state index contributed by atoms with van der Waals surface area (Å²) in [6.45, 7) is 16.7. The summed E-state index contributed by atoms with van der Waals surface area (Å²) >= 11 is 0. The van der Waals surface area contributed by atoms with Gasteiger partial charge in [0.15, 0.2) is 6.71 Å². The Morgan fingerprint density at radius 3 is 1.81 bits per heavy atom. The van der Waals surface area contributed by atoms with E-state index in [1.54, 1.807) is 0 Å². The predicted octanol–water partition coefficient (Wildman–Crippen LogP) is 5.47. The van der Waals surface area contributed by atoms with Crippen molar-refractivity contribution in [2.45, 2.75) is 73.9 Å². The zero-order valence-corrected chi connectivity index (χ0v) is 12.6. The van der Waals surface area contributed by atoms with Crippen LogP contribution in [0.2, 0.25) is 12.6 Å². The smallest absolute Gasteiger partial charge is 0.119 e. The van der Waals surface area contributed by atoms with Crippen LogP contribution >= 0.6 is 0 Å². The Balaban J connectivity index is 0.00000106. The number of hydrogen-bond donors (Lipinski definition) is 0. The first-order valence-electron chi connectivity index (χ1n) is 7.06. The third kappa shape index (κ3) is 3.99. The van der Waals surface area contributed by atoms with Gasteiger partial charge >= 0.3 is 0 Å². The molecule has 1 heterocycles. The Bertz CT molecular complexity index is 197. The molecule has 0 radical (unpaired) electrons. The number of hydrogen-bond acceptors (Lipinski definition) is 0. The van der Waals surface area contributed by atoms with Crippen LogP contribution in [0, 0.1) is 10.8 Å². The van der Waals surface area contributed by atoms with Gasteiger partial charge in [0.2, 0.25) is 0 Å². The minimum Gasteiger partial charge on any atom is -0.119 e. The molecule has 0 nitrogen and oxygen atoms in total. The number of allylic oxidation sites excluding steroid dienone is 1. The minimum atomic E-state index is 0.508. The maximum Gasteiger partial charge on any atom is 0.167 e. The second-order valence-corrected chi connectivity index (χ2v) is 6.15. The second-order valence-electron chi connectivity index (χ2n) is 6.15. The fourth-order valence-electron chi connectivity index (χ4n) is 2.53. The Morgan fingerprint density at radius 1 is 1.00 bits per heavy atom.